The molecule has 1 heterocycles. The summed E-state index contributed by atoms with van der Waals surface area (Å²) in [6, 6.07) is 7.91. The minimum absolute atomic E-state index is 0.0299. The van der Waals surface area contributed by atoms with E-state index in [1.807, 2.05) is 19.9 Å². The van der Waals surface area contributed by atoms with E-state index in [1.54, 1.807) is 12.1 Å². The summed E-state index contributed by atoms with van der Waals surface area (Å²) in [7, 11) is 0. The van der Waals surface area contributed by atoms with Crippen LogP contribution in [0.15, 0.2) is 35.9 Å². The second-order valence-corrected chi connectivity index (χ2v) is 6.44. The minimum Gasteiger partial charge on any atom is -0.478 e. The van der Waals surface area contributed by atoms with Gasteiger partial charge in [0.05, 0.1) is 16.2 Å². The number of ether oxygens (including phenoxy) is 2. The van der Waals surface area contributed by atoms with Crippen molar-refractivity contribution in [2.45, 2.75) is 26.1 Å². The maximum atomic E-state index is 13.2. The highest BCUT2D eigenvalue weighted by molar-refractivity contribution is 6.32. The first-order valence-corrected chi connectivity index (χ1v) is 8.22. The molecule has 27 heavy (non-hydrogen) atoms. The maximum Gasteiger partial charge on any atom is 0.430 e. The summed E-state index contributed by atoms with van der Waals surface area (Å²) in [5.74, 6) is -1.41. The molecule has 0 bridgehead atoms. The number of rotatable bonds is 3. The second-order valence-electron chi connectivity index (χ2n) is 6.03. The maximum absolute atomic E-state index is 13.2. The Labute approximate surface area is 157 Å². The quantitative estimate of drug-likeness (QED) is 0.737. The topological polar surface area (TPSA) is 55.8 Å². The summed E-state index contributed by atoms with van der Waals surface area (Å²) < 4.78 is 50.3. The fourth-order valence-electron chi connectivity index (χ4n) is 2.68. The lowest BCUT2D eigenvalue weighted by molar-refractivity contribution is -0.187. The van der Waals surface area contributed by atoms with Crippen LogP contribution in [0.25, 0.3) is 6.08 Å². The molecule has 0 radical (unpaired) electrons. The number of hydrogen-bond donors (Lipinski definition) is 1. The van der Waals surface area contributed by atoms with Gasteiger partial charge in [0, 0.05) is 0 Å². The number of halogens is 4. The van der Waals surface area contributed by atoms with Gasteiger partial charge in [-0.2, -0.15) is 13.2 Å². The summed E-state index contributed by atoms with van der Waals surface area (Å²) in [5.41, 5.74) is 0.867. The SMILES string of the molecule is Cc1cccc(Oc2c(Cl)ccc3c2C=C(C(=O)O)C(C(F)(F)F)O3)c1C. The van der Waals surface area contributed by atoms with Crippen molar-refractivity contribution in [3.05, 3.63) is 57.6 Å². The zero-order valence-electron chi connectivity index (χ0n) is 14.2. The summed E-state index contributed by atoms with van der Waals surface area (Å²) in [5, 5.41) is 9.32. The van der Waals surface area contributed by atoms with Crippen LogP contribution in [0.5, 0.6) is 17.2 Å². The van der Waals surface area contributed by atoms with Gasteiger partial charge in [0.25, 0.3) is 0 Å². The molecule has 0 amide bonds. The van der Waals surface area contributed by atoms with Crippen LogP contribution in [0.2, 0.25) is 5.02 Å². The predicted octanol–water partition coefficient (Wildman–Crippen LogP) is 5.54. The first-order chi connectivity index (χ1) is 12.6. The Morgan fingerprint density at radius 1 is 1.22 bits per heavy atom. The third kappa shape index (κ3) is 3.60. The van der Waals surface area contributed by atoms with Crippen molar-refractivity contribution in [3.63, 3.8) is 0 Å². The summed E-state index contributed by atoms with van der Waals surface area (Å²) in [6.45, 7) is 3.70. The molecule has 3 rings (SSSR count). The van der Waals surface area contributed by atoms with Gasteiger partial charge in [-0.3, -0.25) is 0 Å². The zero-order chi connectivity index (χ0) is 19.9. The Balaban J connectivity index is 2.14. The van der Waals surface area contributed by atoms with Gasteiger partial charge >= 0.3 is 12.1 Å². The minimum atomic E-state index is -4.88. The summed E-state index contributed by atoms with van der Waals surface area (Å²) in [6.07, 6.45) is -6.56. The van der Waals surface area contributed by atoms with Crippen molar-refractivity contribution >= 4 is 23.6 Å². The van der Waals surface area contributed by atoms with E-state index < -0.39 is 23.8 Å². The van der Waals surface area contributed by atoms with Crippen molar-refractivity contribution in [3.8, 4) is 17.2 Å². The normalized spacial score (nSPS) is 16.2. The second kappa shape index (κ2) is 6.81. The Morgan fingerprint density at radius 3 is 2.56 bits per heavy atom. The van der Waals surface area contributed by atoms with Gasteiger partial charge in [-0.1, -0.05) is 23.7 Å². The molecule has 4 nitrogen and oxygen atoms in total. The van der Waals surface area contributed by atoms with Crippen LogP contribution in [-0.2, 0) is 4.79 Å². The first-order valence-electron chi connectivity index (χ1n) is 7.84. The molecule has 1 unspecified atom stereocenters. The molecule has 8 heteroatoms. The third-order valence-corrected chi connectivity index (χ3v) is 4.54. The van der Waals surface area contributed by atoms with Crippen molar-refractivity contribution in [2.24, 2.45) is 0 Å². The number of hydrogen-bond acceptors (Lipinski definition) is 3. The number of carbonyl (C=O) groups is 1. The average molecular weight is 399 g/mol. The highest BCUT2D eigenvalue weighted by Gasteiger charge is 2.48. The Kier molecular flexibility index (Phi) is 4.82. The molecule has 2 aromatic rings. The molecule has 142 valence electrons. The predicted molar refractivity (Wildman–Crippen MR) is 93.5 cm³/mol. The van der Waals surface area contributed by atoms with Crippen LogP contribution in [0.3, 0.4) is 0 Å². The van der Waals surface area contributed by atoms with E-state index in [-0.39, 0.29) is 22.1 Å². The Hall–Kier alpha value is -2.67. The van der Waals surface area contributed by atoms with E-state index in [0.717, 1.165) is 17.2 Å². The van der Waals surface area contributed by atoms with Crippen LogP contribution >= 0.6 is 11.6 Å². The molecular weight excluding hydrogens is 385 g/mol. The van der Waals surface area contributed by atoms with Gasteiger partial charge in [0.15, 0.2) is 5.75 Å². The van der Waals surface area contributed by atoms with E-state index in [9.17, 15) is 23.1 Å². The van der Waals surface area contributed by atoms with E-state index in [4.69, 9.17) is 21.1 Å². The monoisotopic (exact) mass is 398 g/mol. The van der Waals surface area contributed by atoms with Crippen LogP contribution in [-0.4, -0.2) is 23.4 Å². The van der Waals surface area contributed by atoms with Crippen LogP contribution in [0, 0.1) is 13.8 Å². The van der Waals surface area contributed by atoms with Gasteiger partial charge in [0.1, 0.15) is 11.5 Å². The van der Waals surface area contributed by atoms with E-state index >= 15 is 0 Å². The first kappa shape index (κ1) is 19.1. The number of benzene rings is 2. The number of aliphatic carboxylic acids is 1. The fraction of sp³-hybridized carbons (Fsp3) is 0.211. The Bertz CT molecular complexity index is 951. The summed E-state index contributed by atoms with van der Waals surface area (Å²) in [4.78, 5) is 11.4. The molecule has 1 N–H and O–H groups in total. The van der Waals surface area contributed by atoms with Gasteiger partial charge in [-0.05, 0) is 49.2 Å². The molecule has 1 aliphatic heterocycles. The van der Waals surface area contributed by atoms with Crippen LogP contribution in [0.4, 0.5) is 13.2 Å². The lowest BCUT2D eigenvalue weighted by Crippen LogP contribution is -2.40. The van der Waals surface area contributed by atoms with E-state index in [1.165, 1.54) is 12.1 Å². The molecule has 0 saturated carbocycles. The van der Waals surface area contributed by atoms with Gasteiger partial charge in [-0.15, -0.1) is 0 Å². The van der Waals surface area contributed by atoms with Gasteiger partial charge < -0.3 is 14.6 Å². The molecule has 0 aromatic heterocycles. The summed E-state index contributed by atoms with van der Waals surface area (Å²) >= 11 is 6.18. The molecule has 1 atom stereocenters. The van der Waals surface area contributed by atoms with Crippen molar-refractivity contribution < 1.29 is 32.5 Å². The van der Waals surface area contributed by atoms with Crippen molar-refractivity contribution in [1.29, 1.82) is 0 Å². The lowest BCUT2D eigenvalue weighted by Gasteiger charge is -2.28. The molecule has 0 aliphatic carbocycles. The Morgan fingerprint density at radius 2 is 1.93 bits per heavy atom. The average Bonchev–Trinajstić information content (AvgIpc) is 2.59. The molecule has 0 fully saturated rings. The fourth-order valence-corrected chi connectivity index (χ4v) is 2.88. The number of carboxylic acids is 1. The molecule has 0 saturated heterocycles. The standard InChI is InChI=1S/C19H14ClF3O4/c1-9-4-3-5-14(10(9)2)26-16-11-8-12(18(24)25)17(19(21,22)23)27-15(11)7-6-13(16)20/h3-8,17H,1-2H3,(H,24,25). The molecular formula is C19H14ClF3O4. The number of alkyl halides is 3. The van der Waals surface area contributed by atoms with Crippen LogP contribution < -0.4 is 9.47 Å². The zero-order valence-corrected chi connectivity index (χ0v) is 15.0. The lowest BCUT2D eigenvalue weighted by atomic mass is 10.0. The van der Waals surface area contributed by atoms with Gasteiger partial charge in [-0.25, -0.2) is 4.79 Å². The third-order valence-electron chi connectivity index (χ3n) is 4.25. The van der Waals surface area contributed by atoms with E-state index in [2.05, 4.69) is 0 Å². The molecule has 0 spiro atoms. The van der Waals surface area contributed by atoms with E-state index in [0.29, 0.717) is 5.75 Å². The highest BCUT2D eigenvalue weighted by atomic mass is 35.5. The number of aryl methyl sites for hydroxylation is 1. The van der Waals surface area contributed by atoms with Gasteiger partial charge in [0.2, 0.25) is 6.10 Å². The van der Waals surface area contributed by atoms with Crippen molar-refractivity contribution in [1.82, 2.24) is 0 Å². The largest absolute Gasteiger partial charge is 0.478 e. The highest BCUT2D eigenvalue weighted by Crippen LogP contribution is 2.45. The molecule has 2 aromatic carbocycles. The van der Waals surface area contributed by atoms with Crippen molar-refractivity contribution in [2.75, 3.05) is 0 Å². The van der Waals surface area contributed by atoms with Crippen LogP contribution in [0.1, 0.15) is 16.7 Å². The number of carboxylic acid groups (broad SMARTS) is 1. The number of fused-ring (bicyclic) bond motifs is 1. The smallest absolute Gasteiger partial charge is 0.430 e. The molecule has 1 aliphatic rings.